The number of hydrogen-bond donors (Lipinski definition) is 2. The van der Waals surface area contributed by atoms with Crippen LogP contribution < -0.4 is 10.9 Å². The molecule has 0 aliphatic carbocycles. The van der Waals surface area contributed by atoms with Gasteiger partial charge in [-0.15, -0.1) is 0 Å². The van der Waals surface area contributed by atoms with E-state index in [2.05, 4.69) is 10.2 Å². The van der Waals surface area contributed by atoms with Gasteiger partial charge in [-0.3, -0.25) is 9.59 Å². The molecule has 2 aromatic carbocycles. The molecule has 3 aromatic rings. The van der Waals surface area contributed by atoms with Crippen LogP contribution in [0.15, 0.2) is 75.3 Å². The first-order chi connectivity index (χ1) is 16.5. The Kier molecular flexibility index (Phi) is 7.37. The molecule has 13 heteroatoms. The van der Waals surface area contributed by atoms with Gasteiger partial charge in [0.05, 0.1) is 23.6 Å². The highest BCUT2D eigenvalue weighted by Crippen LogP contribution is 2.31. The zero-order valence-corrected chi connectivity index (χ0v) is 17.3. The fourth-order valence-corrected chi connectivity index (χ4v) is 2.75. The van der Waals surface area contributed by atoms with Crippen molar-refractivity contribution >= 4 is 24.2 Å². The third-order valence-corrected chi connectivity index (χ3v) is 4.33. The summed E-state index contributed by atoms with van der Waals surface area (Å²) in [7, 11) is 0. The molecule has 0 saturated carbocycles. The van der Waals surface area contributed by atoms with Gasteiger partial charge >= 0.3 is 24.2 Å². The summed E-state index contributed by atoms with van der Waals surface area (Å²) in [5.41, 5.74) is 1.45. The molecule has 0 atom stereocenters. The number of carbonyl (C=O) groups excluding carboxylic acids is 2. The van der Waals surface area contributed by atoms with Crippen molar-refractivity contribution in [2.75, 3.05) is 0 Å². The summed E-state index contributed by atoms with van der Waals surface area (Å²) in [6.45, 7) is 0. The molecule has 7 nitrogen and oxygen atoms in total. The first-order valence-corrected chi connectivity index (χ1v) is 9.56. The van der Waals surface area contributed by atoms with Crippen LogP contribution in [0.3, 0.4) is 0 Å². The SMILES string of the molecule is O=C(N/N=C\c1ccccc1C(F)(F)F)c1ccc(C(=O)N/N=C\c2ccccc2C(F)(F)F)o1. The minimum absolute atomic E-state index is 0.287. The van der Waals surface area contributed by atoms with Crippen LogP contribution >= 0.6 is 0 Å². The van der Waals surface area contributed by atoms with Crippen molar-refractivity contribution < 1.29 is 40.3 Å². The summed E-state index contributed by atoms with van der Waals surface area (Å²) in [6, 6.07) is 11.3. The van der Waals surface area contributed by atoms with Gasteiger partial charge in [-0.05, 0) is 24.3 Å². The van der Waals surface area contributed by atoms with E-state index in [-0.39, 0.29) is 11.1 Å². The molecule has 0 saturated heterocycles. The molecule has 1 heterocycles. The average Bonchev–Trinajstić information content (AvgIpc) is 3.29. The van der Waals surface area contributed by atoms with E-state index < -0.39 is 46.8 Å². The molecule has 0 unspecified atom stereocenters. The van der Waals surface area contributed by atoms with E-state index in [0.29, 0.717) is 0 Å². The second-order valence-corrected chi connectivity index (χ2v) is 6.73. The molecule has 0 spiro atoms. The Hall–Kier alpha value is -4.42. The predicted octanol–water partition coefficient (Wildman–Crippen LogP) is 4.85. The van der Waals surface area contributed by atoms with Crippen molar-refractivity contribution in [1.29, 1.82) is 0 Å². The minimum atomic E-state index is -4.62. The summed E-state index contributed by atoms with van der Waals surface area (Å²) < 4.78 is 82.9. The molecule has 0 radical (unpaired) electrons. The van der Waals surface area contributed by atoms with Gasteiger partial charge in [0.25, 0.3) is 0 Å². The highest BCUT2D eigenvalue weighted by atomic mass is 19.4. The lowest BCUT2D eigenvalue weighted by atomic mass is 10.1. The molecule has 1 aromatic heterocycles. The zero-order chi connectivity index (χ0) is 25.6. The maximum Gasteiger partial charge on any atom is 0.417 e. The summed E-state index contributed by atoms with van der Waals surface area (Å²) in [5.74, 6) is -2.73. The van der Waals surface area contributed by atoms with Gasteiger partial charge in [0.15, 0.2) is 11.5 Å². The Labute approximate surface area is 193 Å². The fourth-order valence-electron chi connectivity index (χ4n) is 2.75. The van der Waals surface area contributed by atoms with Crippen molar-refractivity contribution in [3.05, 3.63) is 94.4 Å². The quantitative estimate of drug-likeness (QED) is 0.290. The van der Waals surface area contributed by atoms with Crippen molar-refractivity contribution in [3.63, 3.8) is 0 Å². The monoisotopic (exact) mass is 496 g/mol. The number of nitrogens with one attached hydrogen (secondary N) is 2. The van der Waals surface area contributed by atoms with Crippen LogP contribution in [0.1, 0.15) is 43.4 Å². The molecule has 2 amide bonds. The summed E-state index contributed by atoms with van der Waals surface area (Å²) in [6.07, 6.45) is -7.64. The number of benzene rings is 2. The van der Waals surface area contributed by atoms with Crippen LogP contribution in [0.25, 0.3) is 0 Å². The van der Waals surface area contributed by atoms with E-state index in [1.54, 1.807) is 0 Å². The Balaban J connectivity index is 1.62. The lowest BCUT2D eigenvalue weighted by Gasteiger charge is -2.09. The van der Waals surface area contributed by atoms with Crippen LogP contribution in [0.5, 0.6) is 0 Å². The van der Waals surface area contributed by atoms with Gasteiger partial charge in [-0.2, -0.15) is 36.5 Å². The van der Waals surface area contributed by atoms with Gasteiger partial charge in [0.1, 0.15) is 0 Å². The van der Waals surface area contributed by atoms with Crippen LogP contribution in [-0.4, -0.2) is 24.2 Å². The molecule has 0 fully saturated rings. The first-order valence-electron chi connectivity index (χ1n) is 9.56. The van der Waals surface area contributed by atoms with Crippen molar-refractivity contribution in [3.8, 4) is 0 Å². The molecule has 3 rings (SSSR count). The Morgan fingerprint density at radius 3 is 1.40 bits per heavy atom. The summed E-state index contributed by atoms with van der Waals surface area (Å²) in [5, 5.41) is 6.91. The van der Waals surface area contributed by atoms with E-state index in [1.165, 1.54) is 24.3 Å². The van der Waals surface area contributed by atoms with E-state index in [1.807, 2.05) is 10.9 Å². The van der Waals surface area contributed by atoms with E-state index in [9.17, 15) is 35.9 Å². The van der Waals surface area contributed by atoms with Gasteiger partial charge in [0, 0.05) is 11.1 Å². The maximum absolute atomic E-state index is 13.0. The largest absolute Gasteiger partial charge is 0.446 e. The second kappa shape index (κ2) is 10.2. The lowest BCUT2D eigenvalue weighted by Crippen LogP contribution is -2.19. The lowest BCUT2D eigenvalue weighted by molar-refractivity contribution is -0.138. The smallest absolute Gasteiger partial charge is 0.417 e. The van der Waals surface area contributed by atoms with Gasteiger partial charge in [-0.25, -0.2) is 10.9 Å². The number of hydrogen-bond acceptors (Lipinski definition) is 5. The predicted molar refractivity (Wildman–Crippen MR) is 112 cm³/mol. The van der Waals surface area contributed by atoms with E-state index in [0.717, 1.165) is 48.8 Å². The molecule has 0 aliphatic heterocycles. The number of carbonyl (C=O) groups is 2. The normalized spacial score (nSPS) is 12.3. The van der Waals surface area contributed by atoms with Gasteiger partial charge < -0.3 is 4.42 Å². The molecule has 0 aliphatic rings. The number of rotatable bonds is 6. The fraction of sp³-hybridized carbons (Fsp3) is 0.0909. The Bertz CT molecular complexity index is 1180. The zero-order valence-electron chi connectivity index (χ0n) is 17.3. The highest BCUT2D eigenvalue weighted by molar-refractivity contribution is 5.96. The standard InChI is InChI=1S/C22H14F6N4O3/c23-21(24,25)15-7-3-1-5-13(15)11-29-31-19(33)17-9-10-18(35-17)20(34)32-30-12-14-6-2-4-8-16(14)22(26,27)28/h1-12H,(H,31,33)(H,32,34)/b29-11-,30-12-. The van der Waals surface area contributed by atoms with Crippen molar-refractivity contribution in [2.45, 2.75) is 12.4 Å². The molecular formula is C22H14F6N4O3. The first kappa shape index (κ1) is 25.2. The van der Waals surface area contributed by atoms with E-state index >= 15 is 0 Å². The molecule has 0 bridgehead atoms. The van der Waals surface area contributed by atoms with Crippen molar-refractivity contribution in [2.24, 2.45) is 10.2 Å². The average molecular weight is 496 g/mol. The number of halogens is 6. The topological polar surface area (TPSA) is 96.1 Å². The van der Waals surface area contributed by atoms with Crippen molar-refractivity contribution in [1.82, 2.24) is 10.9 Å². The number of nitrogens with zero attached hydrogens (tertiary/aromatic N) is 2. The van der Waals surface area contributed by atoms with E-state index in [4.69, 9.17) is 4.42 Å². The number of amides is 2. The number of alkyl halides is 6. The molecule has 35 heavy (non-hydrogen) atoms. The molecule has 182 valence electrons. The van der Waals surface area contributed by atoms with Crippen LogP contribution in [0.4, 0.5) is 26.3 Å². The molecule has 2 N–H and O–H groups in total. The van der Waals surface area contributed by atoms with Crippen LogP contribution in [0, 0.1) is 0 Å². The third-order valence-electron chi connectivity index (χ3n) is 4.33. The highest BCUT2D eigenvalue weighted by Gasteiger charge is 2.33. The second-order valence-electron chi connectivity index (χ2n) is 6.73. The maximum atomic E-state index is 13.0. The van der Waals surface area contributed by atoms with Gasteiger partial charge in [-0.1, -0.05) is 36.4 Å². The Morgan fingerprint density at radius 2 is 1.03 bits per heavy atom. The summed E-state index contributed by atoms with van der Waals surface area (Å²) in [4.78, 5) is 24.1. The molecular weight excluding hydrogens is 482 g/mol. The number of hydrazone groups is 2. The van der Waals surface area contributed by atoms with Crippen LogP contribution in [0.2, 0.25) is 0 Å². The summed E-state index contributed by atoms with van der Waals surface area (Å²) >= 11 is 0. The third kappa shape index (κ3) is 6.56. The van der Waals surface area contributed by atoms with Gasteiger partial charge in [0.2, 0.25) is 0 Å². The minimum Gasteiger partial charge on any atom is -0.446 e. The van der Waals surface area contributed by atoms with Crippen LogP contribution in [-0.2, 0) is 12.4 Å². The Morgan fingerprint density at radius 1 is 0.657 bits per heavy atom. The number of furan rings is 1.